The van der Waals surface area contributed by atoms with E-state index in [1.165, 1.54) is 27.8 Å². The fourth-order valence-corrected chi connectivity index (χ4v) is 5.79. The Morgan fingerprint density at radius 3 is 2.73 bits per heavy atom. The van der Waals surface area contributed by atoms with Crippen molar-refractivity contribution < 1.29 is 12.8 Å². The van der Waals surface area contributed by atoms with Crippen LogP contribution in [-0.4, -0.2) is 35.3 Å². The van der Waals surface area contributed by atoms with Gasteiger partial charge in [-0.05, 0) is 48.4 Å². The van der Waals surface area contributed by atoms with Gasteiger partial charge in [-0.15, -0.1) is 5.10 Å². The third kappa shape index (κ3) is 3.63. The van der Waals surface area contributed by atoms with Crippen LogP contribution in [0.4, 0.5) is 15.2 Å². The maximum atomic E-state index is 13.1. The molecule has 1 aliphatic heterocycles. The number of rotatable bonds is 5. The monoisotopic (exact) mass is 443 g/mol. The zero-order chi connectivity index (χ0) is 20.7. The molecule has 4 aromatic rings. The Balaban J connectivity index is 1.30. The first kappa shape index (κ1) is 19.0. The maximum absolute atomic E-state index is 13.1. The summed E-state index contributed by atoms with van der Waals surface area (Å²) in [5, 5.41) is 8.48. The first-order valence-electron chi connectivity index (χ1n) is 9.43. The molecule has 0 radical (unpaired) electrons. The van der Waals surface area contributed by atoms with Crippen LogP contribution in [0.1, 0.15) is 12.0 Å². The van der Waals surface area contributed by atoms with E-state index in [4.69, 9.17) is 0 Å². The van der Waals surface area contributed by atoms with Crippen LogP contribution in [0.15, 0.2) is 54.7 Å². The number of fused-ring (bicyclic) bond motifs is 1. The Morgan fingerprint density at radius 2 is 2.00 bits per heavy atom. The van der Waals surface area contributed by atoms with E-state index in [1.807, 2.05) is 30.5 Å². The summed E-state index contributed by atoms with van der Waals surface area (Å²) in [6.07, 6.45) is 2.47. The lowest BCUT2D eigenvalue weighted by molar-refractivity contribution is 0.599. The average Bonchev–Trinajstić information content (AvgIpc) is 3.39. The van der Waals surface area contributed by atoms with Gasteiger partial charge in [-0.2, -0.15) is 0 Å². The zero-order valence-electron chi connectivity index (χ0n) is 15.8. The van der Waals surface area contributed by atoms with E-state index >= 15 is 0 Å². The number of imidazole rings is 1. The van der Waals surface area contributed by atoms with Crippen LogP contribution in [0.2, 0.25) is 0 Å². The van der Waals surface area contributed by atoms with Crippen LogP contribution in [0.5, 0.6) is 0 Å². The molecule has 2 aromatic carbocycles. The van der Waals surface area contributed by atoms with Crippen molar-refractivity contribution in [3.63, 3.8) is 0 Å². The standard InChI is InChI=1S/C20H18FN5O2S2/c21-16-7-5-15(6-8-16)18-13-25-20(23-18)29-19(24-25)22-12-14-3-1-4-17(11-14)26-9-2-10-30(26,27)28/h1,3-8,11,13H,2,9-10,12H2,(H,22,24). The van der Waals surface area contributed by atoms with Crippen molar-refractivity contribution in [3.8, 4) is 11.3 Å². The highest BCUT2D eigenvalue weighted by Crippen LogP contribution is 2.27. The maximum Gasteiger partial charge on any atom is 0.235 e. The van der Waals surface area contributed by atoms with Crippen molar-refractivity contribution in [1.82, 2.24) is 14.6 Å². The first-order valence-corrected chi connectivity index (χ1v) is 11.9. The molecule has 30 heavy (non-hydrogen) atoms. The van der Waals surface area contributed by atoms with Crippen molar-refractivity contribution in [2.45, 2.75) is 13.0 Å². The van der Waals surface area contributed by atoms with Crippen molar-refractivity contribution in [1.29, 1.82) is 0 Å². The van der Waals surface area contributed by atoms with Crippen LogP contribution in [-0.2, 0) is 16.6 Å². The number of aromatic nitrogens is 3. The summed E-state index contributed by atoms with van der Waals surface area (Å²) in [5.41, 5.74) is 3.23. The van der Waals surface area contributed by atoms with E-state index < -0.39 is 10.0 Å². The molecule has 0 atom stereocenters. The molecule has 2 aromatic heterocycles. The van der Waals surface area contributed by atoms with E-state index in [0.717, 1.165) is 21.8 Å². The van der Waals surface area contributed by atoms with Gasteiger partial charge in [0.15, 0.2) is 0 Å². The van der Waals surface area contributed by atoms with E-state index in [0.29, 0.717) is 30.3 Å². The lowest BCUT2D eigenvalue weighted by Crippen LogP contribution is -2.25. The molecule has 1 saturated heterocycles. The van der Waals surface area contributed by atoms with Crippen LogP contribution < -0.4 is 9.62 Å². The molecule has 0 spiro atoms. The van der Waals surface area contributed by atoms with Gasteiger partial charge in [0.1, 0.15) is 5.82 Å². The van der Waals surface area contributed by atoms with Crippen LogP contribution in [0.25, 0.3) is 16.2 Å². The van der Waals surface area contributed by atoms with Gasteiger partial charge in [0.2, 0.25) is 20.1 Å². The second-order valence-electron chi connectivity index (χ2n) is 7.03. The molecule has 0 bridgehead atoms. The fourth-order valence-electron chi connectivity index (χ4n) is 3.46. The summed E-state index contributed by atoms with van der Waals surface area (Å²) < 4.78 is 40.6. The molecule has 1 aliphatic rings. The van der Waals surface area contributed by atoms with Crippen molar-refractivity contribution in [2.24, 2.45) is 0 Å². The fraction of sp³-hybridized carbons (Fsp3) is 0.200. The molecule has 154 valence electrons. The molecule has 0 saturated carbocycles. The third-order valence-corrected chi connectivity index (χ3v) is 7.67. The van der Waals surface area contributed by atoms with Gasteiger partial charge in [-0.1, -0.05) is 23.5 Å². The van der Waals surface area contributed by atoms with Gasteiger partial charge in [0.25, 0.3) is 0 Å². The Morgan fingerprint density at radius 1 is 1.17 bits per heavy atom. The zero-order valence-corrected chi connectivity index (χ0v) is 17.5. The summed E-state index contributed by atoms with van der Waals surface area (Å²) in [5.74, 6) is -0.0790. The smallest absolute Gasteiger partial charge is 0.235 e. The van der Waals surface area contributed by atoms with Gasteiger partial charge in [0, 0.05) is 18.7 Å². The number of anilines is 2. The summed E-state index contributed by atoms with van der Waals surface area (Å²) in [6, 6.07) is 13.7. The van der Waals surface area contributed by atoms with Gasteiger partial charge in [0.05, 0.1) is 23.3 Å². The Labute approximate surface area is 176 Å². The summed E-state index contributed by atoms with van der Waals surface area (Å²) >= 11 is 1.41. The number of sulfonamides is 1. The van der Waals surface area contributed by atoms with Gasteiger partial charge in [-0.3, -0.25) is 4.31 Å². The number of hydrogen-bond acceptors (Lipinski definition) is 6. The van der Waals surface area contributed by atoms with Gasteiger partial charge >= 0.3 is 0 Å². The van der Waals surface area contributed by atoms with Crippen LogP contribution >= 0.6 is 11.3 Å². The highest BCUT2D eigenvalue weighted by atomic mass is 32.2. The van der Waals surface area contributed by atoms with Crippen LogP contribution in [0.3, 0.4) is 0 Å². The summed E-state index contributed by atoms with van der Waals surface area (Å²) in [4.78, 5) is 5.28. The van der Waals surface area contributed by atoms with E-state index in [9.17, 15) is 12.8 Å². The lowest BCUT2D eigenvalue weighted by atomic mass is 10.2. The average molecular weight is 444 g/mol. The van der Waals surface area contributed by atoms with E-state index in [2.05, 4.69) is 15.4 Å². The van der Waals surface area contributed by atoms with Gasteiger partial charge < -0.3 is 5.32 Å². The lowest BCUT2D eigenvalue weighted by Gasteiger charge is -2.17. The van der Waals surface area contributed by atoms with Crippen LogP contribution in [0, 0.1) is 5.82 Å². The van der Waals surface area contributed by atoms with E-state index in [-0.39, 0.29) is 11.6 Å². The van der Waals surface area contributed by atoms with Crippen molar-refractivity contribution >= 4 is 37.1 Å². The predicted octanol–water partition coefficient (Wildman–Crippen LogP) is 3.75. The number of hydrogen-bond donors (Lipinski definition) is 1. The molecule has 0 aliphatic carbocycles. The number of benzene rings is 2. The number of halogens is 1. The number of nitrogens with one attached hydrogen (secondary N) is 1. The minimum atomic E-state index is -3.19. The predicted molar refractivity (Wildman–Crippen MR) is 116 cm³/mol. The van der Waals surface area contributed by atoms with Crippen molar-refractivity contribution in [2.75, 3.05) is 21.9 Å². The Kier molecular flexibility index (Phi) is 4.67. The molecule has 1 fully saturated rings. The Hall–Kier alpha value is -2.98. The summed E-state index contributed by atoms with van der Waals surface area (Å²) in [6.45, 7) is 1.04. The largest absolute Gasteiger partial charge is 0.356 e. The number of nitrogens with zero attached hydrogens (tertiary/aromatic N) is 4. The molecule has 0 unspecified atom stereocenters. The molecule has 3 heterocycles. The van der Waals surface area contributed by atoms with Gasteiger partial charge in [-0.25, -0.2) is 22.3 Å². The molecular weight excluding hydrogens is 425 g/mol. The third-order valence-electron chi connectivity index (χ3n) is 4.92. The molecular formula is C20H18FN5O2S2. The second kappa shape index (κ2) is 7.37. The second-order valence-corrected chi connectivity index (χ2v) is 10.0. The van der Waals surface area contributed by atoms with E-state index in [1.54, 1.807) is 16.6 Å². The van der Waals surface area contributed by atoms with Crippen molar-refractivity contribution in [3.05, 3.63) is 66.1 Å². The SMILES string of the molecule is O=S1(=O)CCCN1c1cccc(CNc2nn3cc(-c4ccc(F)cc4)nc3s2)c1. The minimum Gasteiger partial charge on any atom is -0.356 e. The molecule has 1 N–H and O–H groups in total. The normalized spacial score (nSPS) is 15.7. The molecule has 5 rings (SSSR count). The highest BCUT2D eigenvalue weighted by Gasteiger charge is 2.28. The highest BCUT2D eigenvalue weighted by molar-refractivity contribution is 7.93. The quantitative estimate of drug-likeness (QED) is 0.508. The first-order chi connectivity index (χ1) is 14.5. The topological polar surface area (TPSA) is 79.6 Å². The Bertz CT molecular complexity index is 1280. The molecule has 7 nitrogen and oxygen atoms in total. The molecule has 10 heteroatoms. The minimum absolute atomic E-state index is 0.203. The molecule has 0 amide bonds. The summed E-state index contributed by atoms with van der Waals surface area (Å²) in [7, 11) is -3.19.